The van der Waals surface area contributed by atoms with Gasteiger partial charge in [0, 0.05) is 32.0 Å². The van der Waals surface area contributed by atoms with E-state index >= 15 is 0 Å². The standard InChI is InChI=1S/C16H22F3N3O3/c1-24-13-5-3-12(4-6-13)22-15(23)21-9-11-2-7-14(20-8-11)25-10-16(17,18)19/h2,7-8,12-13H,3-6,9-10H2,1H3,(H2,21,22,23). The van der Waals surface area contributed by atoms with Crippen LogP contribution in [0.4, 0.5) is 18.0 Å². The van der Waals surface area contributed by atoms with E-state index < -0.39 is 12.8 Å². The van der Waals surface area contributed by atoms with Crippen LogP contribution in [0.5, 0.6) is 5.88 Å². The lowest BCUT2D eigenvalue weighted by Crippen LogP contribution is -2.44. The van der Waals surface area contributed by atoms with Gasteiger partial charge in [0.1, 0.15) is 0 Å². The molecule has 0 aliphatic heterocycles. The largest absolute Gasteiger partial charge is 0.468 e. The van der Waals surface area contributed by atoms with Crippen LogP contribution in [-0.4, -0.2) is 43.1 Å². The molecule has 140 valence electrons. The molecule has 2 amide bonds. The number of halogens is 3. The number of carbonyl (C=O) groups excluding carboxylic acids is 1. The van der Waals surface area contributed by atoms with Gasteiger partial charge < -0.3 is 20.1 Å². The minimum atomic E-state index is -4.40. The van der Waals surface area contributed by atoms with Gasteiger partial charge in [-0.1, -0.05) is 6.07 Å². The van der Waals surface area contributed by atoms with Gasteiger partial charge in [0.05, 0.1) is 6.10 Å². The highest BCUT2D eigenvalue weighted by Crippen LogP contribution is 2.20. The Morgan fingerprint density at radius 3 is 2.56 bits per heavy atom. The number of ether oxygens (including phenoxy) is 2. The molecule has 9 heteroatoms. The van der Waals surface area contributed by atoms with E-state index in [1.807, 2.05) is 0 Å². The van der Waals surface area contributed by atoms with Crippen molar-refractivity contribution < 1.29 is 27.4 Å². The van der Waals surface area contributed by atoms with Crippen LogP contribution < -0.4 is 15.4 Å². The third-order valence-electron chi connectivity index (χ3n) is 3.98. The maximum Gasteiger partial charge on any atom is 0.422 e. The van der Waals surface area contributed by atoms with Crippen molar-refractivity contribution in [3.05, 3.63) is 23.9 Å². The van der Waals surface area contributed by atoms with Crippen molar-refractivity contribution in [1.29, 1.82) is 0 Å². The van der Waals surface area contributed by atoms with Crippen LogP contribution in [0.1, 0.15) is 31.2 Å². The fraction of sp³-hybridized carbons (Fsp3) is 0.625. The van der Waals surface area contributed by atoms with Gasteiger partial charge in [-0.05, 0) is 31.2 Å². The first-order chi connectivity index (χ1) is 11.9. The minimum Gasteiger partial charge on any atom is -0.468 e. The van der Waals surface area contributed by atoms with E-state index in [1.165, 1.54) is 12.3 Å². The number of urea groups is 1. The van der Waals surface area contributed by atoms with E-state index in [0.29, 0.717) is 5.56 Å². The van der Waals surface area contributed by atoms with Crippen molar-refractivity contribution in [2.24, 2.45) is 0 Å². The molecule has 1 saturated carbocycles. The lowest BCUT2D eigenvalue weighted by atomic mass is 9.93. The molecule has 2 N–H and O–H groups in total. The van der Waals surface area contributed by atoms with Crippen LogP contribution in [0.15, 0.2) is 18.3 Å². The molecule has 0 spiro atoms. The fourth-order valence-corrected chi connectivity index (χ4v) is 2.62. The second kappa shape index (κ2) is 8.89. The monoisotopic (exact) mass is 361 g/mol. The summed E-state index contributed by atoms with van der Waals surface area (Å²) in [6.45, 7) is -1.16. The average molecular weight is 361 g/mol. The highest BCUT2D eigenvalue weighted by molar-refractivity contribution is 5.74. The molecule has 25 heavy (non-hydrogen) atoms. The van der Waals surface area contributed by atoms with Crippen molar-refractivity contribution in [2.45, 2.75) is 50.6 Å². The van der Waals surface area contributed by atoms with Gasteiger partial charge in [0.2, 0.25) is 5.88 Å². The molecular weight excluding hydrogens is 339 g/mol. The zero-order valence-electron chi connectivity index (χ0n) is 13.9. The molecule has 0 aromatic carbocycles. The SMILES string of the molecule is COC1CCC(NC(=O)NCc2ccc(OCC(F)(F)F)nc2)CC1. The summed E-state index contributed by atoms with van der Waals surface area (Å²) in [6.07, 6.45) is 0.829. The Balaban J connectivity index is 1.69. The maximum atomic E-state index is 12.1. The summed E-state index contributed by atoms with van der Waals surface area (Å²) in [7, 11) is 1.69. The summed E-state index contributed by atoms with van der Waals surface area (Å²) >= 11 is 0. The number of nitrogens with zero attached hydrogens (tertiary/aromatic N) is 1. The first-order valence-corrected chi connectivity index (χ1v) is 8.07. The Bertz CT molecular complexity index is 544. The number of hydrogen-bond acceptors (Lipinski definition) is 4. The molecular formula is C16H22F3N3O3. The molecule has 1 aromatic heterocycles. The van der Waals surface area contributed by atoms with Gasteiger partial charge in [0.15, 0.2) is 6.61 Å². The second-order valence-electron chi connectivity index (χ2n) is 5.94. The second-order valence-corrected chi connectivity index (χ2v) is 5.94. The quantitative estimate of drug-likeness (QED) is 0.817. The zero-order chi connectivity index (χ0) is 18.3. The van der Waals surface area contributed by atoms with Crippen LogP contribution >= 0.6 is 0 Å². The number of rotatable bonds is 6. The van der Waals surface area contributed by atoms with E-state index in [0.717, 1.165) is 25.7 Å². The van der Waals surface area contributed by atoms with E-state index in [4.69, 9.17) is 4.74 Å². The number of carbonyl (C=O) groups is 1. The Morgan fingerprint density at radius 1 is 1.28 bits per heavy atom. The molecule has 2 rings (SSSR count). The van der Waals surface area contributed by atoms with Crippen LogP contribution in [0.25, 0.3) is 0 Å². The first kappa shape index (κ1) is 19.3. The normalized spacial score (nSPS) is 20.8. The number of aromatic nitrogens is 1. The topological polar surface area (TPSA) is 72.5 Å². The van der Waals surface area contributed by atoms with Crippen LogP contribution in [0, 0.1) is 0 Å². The average Bonchev–Trinajstić information content (AvgIpc) is 2.59. The minimum absolute atomic E-state index is 0.111. The fourth-order valence-electron chi connectivity index (χ4n) is 2.62. The number of amides is 2. The number of nitrogens with one attached hydrogen (secondary N) is 2. The van der Waals surface area contributed by atoms with Crippen LogP contribution in [0.2, 0.25) is 0 Å². The van der Waals surface area contributed by atoms with Crippen molar-refractivity contribution in [1.82, 2.24) is 15.6 Å². The molecule has 6 nitrogen and oxygen atoms in total. The van der Waals surface area contributed by atoms with Crippen molar-refractivity contribution in [2.75, 3.05) is 13.7 Å². The number of alkyl halides is 3. The van der Waals surface area contributed by atoms with E-state index in [9.17, 15) is 18.0 Å². The van der Waals surface area contributed by atoms with E-state index in [1.54, 1.807) is 13.2 Å². The Morgan fingerprint density at radius 2 is 2.00 bits per heavy atom. The lowest BCUT2D eigenvalue weighted by Gasteiger charge is -2.28. The Kier molecular flexibility index (Phi) is 6.86. The summed E-state index contributed by atoms with van der Waals surface area (Å²) in [5.41, 5.74) is 0.664. The molecule has 1 aliphatic rings. The lowest BCUT2D eigenvalue weighted by molar-refractivity contribution is -0.154. The van der Waals surface area contributed by atoms with Gasteiger partial charge >= 0.3 is 12.2 Å². The van der Waals surface area contributed by atoms with Crippen molar-refractivity contribution >= 4 is 6.03 Å². The predicted molar refractivity (Wildman–Crippen MR) is 84.2 cm³/mol. The van der Waals surface area contributed by atoms with Gasteiger partial charge in [-0.25, -0.2) is 9.78 Å². The number of pyridine rings is 1. The molecule has 1 aromatic rings. The van der Waals surface area contributed by atoms with Gasteiger partial charge in [-0.3, -0.25) is 0 Å². The van der Waals surface area contributed by atoms with Crippen LogP contribution in [-0.2, 0) is 11.3 Å². The maximum absolute atomic E-state index is 12.1. The summed E-state index contributed by atoms with van der Waals surface area (Å²) in [5.74, 6) is -0.111. The summed E-state index contributed by atoms with van der Waals surface area (Å²) in [5, 5.41) is 5.61. The number of hydrogen-bond donors (Lipinski definition) is 2. The molecule has 0 unspecified atom stereocenters. The van der Waals surface area contributed by atoms with E-state index in [-0.39, 0.29) is 30.6 Å². The molecule has 0 atom stereocenters. The van der Waals surface area contributed by atoms with Crippen molar-refractivity contribution in [3.8, 4) is 5.88 Å². The summed E-state index contributed by atoms with van der Waals surface area (Å²) in [4.78, 5) is 15.7. The highest BCUT2D eigenvalue weighted by Gasteiger charge is 2.28. The predicted octanol–water partition coefficient (Wildman–Crippen LogP) is 2.78. The third-order valence-corrected chi connectivity index (χ3v) is 3.98. The smallest absolute Gasteiger partial charge is 0.422 e. The molecule has 1 aliphatic carbocycles. The van der Waals surface area contributed by atoms with Gasteiger partial charge in [-0.15, -0.1) is 0 Å². The summed E-state index contributed by atoms with van der Waals surface area (Å²) in [6, 6.07) is 2.75. The first-order valence-electron chi connectivity index (χ1n) is 8.07. The highest BCUT2D eigenvalue weighted by atomic mass is 19.4. The zero-order valence-corrected chi connectivity index (χ0v) is 13.9. The molecule has 0 saturated heterocycles. The van der Waals surface area contributed by atoms with Gasteiger partial charge in [-0.2, -0.15) is 13.2 Å². The number of methoxy groups -OCH3 is 1. The molecule has 1 heterocycles. The third kappa shape index (κ3) is 7.16. The Labute approximate surface area is 144 Å². The molecule has 1 fully saturated rings. The van der Waals surface area contributed by atoms with Crippen molar-refractivity contribution in [3.63, 3.8) is 0 Å². The molecule has 0 bridgehead atoms. The van der Waals surface area contributed by atoms with Gasteiger partial charge in [0.25, 0.3) is 0 Å². The molecule has 0 radical (unpaired) electrons. The Hall–Kier alpha value is -2.03. The van der Waals surface area contributed by atoms with Crippen LogP contribution in [0.3, 0.4) is 0 Å². The summed E-state index contributed by atoms with van der Waals surface area (Å²) < 4.78 is 46.0. The van der Waals surface area contributed by atoms with E-state index in [2.05, 4.69) is 20.4 Å².